The van der Waals surface area contributed by atoms with E-state index in [0.29, 0.717) is 11.6 Å². The number of hydrogen-bond acceptors (Lipinski definition) is 5. The molecule has 0 aromatic carbocycles. The number of nitrogens with zero attached hydrogens (tertiary/aromatic N) is 2. The molecule has 5 heteroatoms. The van der Waals surface area contributed by atoms with E-state index in [0.717, 1.165) is 22.9 Å². The molecule has 1 atom stereocenters. The van der Waals surface area contributed by atoms with Crippen molar-refractivity contribution >= 4 is 22.8 Å². The second-order valence-corrected chi connectivity index (χ2v) is 5.01. The van der Waals surface area contributed by atoms with Gasteiger partial charge in [0.1, 0.15) is 5.82 Å². The van der Waals surface area contributed by atoms with Gasteiger partial charge in [0.15, 0.2) is 0 Å². The fourth-order valence-electron chi connectivity index (χ4n) is 1.60. The summed E-state index contributed by atoms with van der Waals surface area (Å²) in [7, 11) is 0. The number of pyridine rings is 1. The third kappa shape index (κ3) is 2.94. The molecule has 2 rings (SSSR count). The predicted molar refractivity (Wildman–Crippen MR) is 72.4 cm³/mol. The smallest absolute Gasteiger partial charge is 0.129 e. The van der Waals surface area contributed by atoms with Gasteiger partial charge in [-0.05, 0) is 18.6 Å². The normalized spacial score (nSPS) is 12.4. The zero-order valence-electron chi connectivity index (χ0n) is 9.97. The molecule has 0 aliphatic heterocycles. The lowest BCUT2D eigenvalue weighted by Gasteiger charge is -2.12. The lowest BCUT2D eigenvalue weighted by molar-refractivity contribution is 0.791. The van der Waals surface area contributed by atoms with E-state index < -0.39 is 0 Å². The molecular weight excluding hydrogens is 232 g/mol. The molecule has 3 N–H and O–H groups in total. The van der Waals surface area contributed by atoms with Crippen LogP contribution in [0.3, 0.4) is 0 Å². The minimum atomic E-state index is 0.383. The first-order chi connectivity index (χ1) is 8.16. The van der Waals surface area contributed by atoms with Crippen LogP contribution in [-0.2, 0) is 0 Å². The summed E-state index contributed by atoms with van der Waals surface area (Å²) >= 11 is 1.68. The molecule has 0 spiro atoms. The zero-order chi connectivity index (χ0) is 12.3. The maximum Gasteiger partial charge on any atom is 0.129 e. The Hall–Kier alpha value is -1.62. The number of nitrogen functional groups attached to an aromatic ring is 1. The van der Waals surface area contributed by atoms with Crippen molar-refractivity contribution in [2.24, 2.45) is 0 Å². The van der Waals surface area contributed by atoms with Gasteiger partial charge in [0, 0.05) is 24.0 Å². The molecule has 0 radical (unpaired) electrons. The summed E-state index contributed by atoms with van der Waals surface area (Å²) in [5.74, 6) is 1.27. The second kappa shape index (κ2) is 5.14. The molecular formula is C12H16N4S. The molecule has 1 unspecified atom stereocenters. The van der Waals surface area contributed by atoms with Crippen LogP contribution in [0.15, 0.2) is 23.8 Å². The average molecular weight is 248 g/mol. The zero-order valence-corrected chi connectivity index (χ0v) is 10.8. The van der Waals surface area contributed by atoms with Crippen molar-refractivity contribution in [2.75, 3.05) is 17.6 Å². The summed E-state index contributed by atoms with van der Waals surface area (Å²) in [5.41, 5.74) is 7.42. The van der Waals surface area contributed by atoms with Crippen LogP contribution in [-0.4, -0.2) is 16.5 Å². The lowest BCUT2D eigenvalue weighted by Crippen LogP contribution is -2.11. The summed E-state index contributed by atoms with van der Waals surface area (Å²) in [6, 6.07) is 1.92. The van der Waals surface area contributed by atoms with Crippen LogP contribution < -0.4 is 11.1 Å². The van der Waals surface area contributed by atoms with E-state index in [4.69, 9.17) is 5.73 Å². The van der Waals surface area contributed by atoms with Gasteiger partial charge in [-0.15, -0.1) is 11.3 Å². The molecule has 0 saturated carbocycles. The van der Waals surface area contributed by atoms with Crippen molar-refractivity contribution in [1.29, 1.82) is 0 Å². The molecule has 0 bridgehead atoms. The molecule has 0 amide bonds. The van der Waals surface area contributed by atoms with E-state index >= 15 is 0 Å². The van der Waals surface area contributed by atoms with E-state index in [1.165, 1.54) is 0 Å². The van der Waals surface area contributed by atoms with Crippen LogP contribution in [0.25, 0.3) is 0 Å². The molecule has 0 fully saturated rings. The van der Waals surface area contributed by atoms with Crippen molar-refractivity contribution in [3.05, 3.63) is 34.4 Å². The molecule has 90 valence electrons. The maximum atomic E-state index is 5.66. The Morgan fingerprint density at radius 2 is 2.29 bits per heavy atom. The lowest BCUT2D eigenvalue weighted by atomic mass is 10.2. The van der Waals surface area contributed by atoms with Gasteiger partial charge >= 0.3 is 0 Å². The van der Waals surface area contributed by atoms with Crippen LogP contribution in [0.2, 0.25) is 0 Å². The number of anilines is 2. The quantitative estimate of drug-likeness (QED) is 0.873. The second-order valence-electron chi connectivity index (χ2n) is 4.09. The minimum Gasteiger partial charge on any atom is -0.397 e. The first-order valence-electron chi connectivity index (χ1n) is 5.52. The summed E-state index contributed by atoms with van der Waals surface area (Å²) in [4.78, 5) is 8.58. The van der Waals surface area contributed by atoms with Gasteiger partial charge in [-0.25, -0.2) is 9.97 Å². The Morgan fingerprint density at radius 1 is 1.47 bits per heavy atom. The summed E-state index contributed by atoms with van der Waals surface area (Å²) in [5, 5.41) is 6.47. The van der Waals surface area contributed by atoms with Crippen molar-refractivity contribution in [2.45, 2.75) is 19.8 Å². The molecule has 0 aliphatic rings. The van der Waals surface area contributed by atoms with Gasteiger partial charge in [0.05, 0.1) is 16.9 Å². The Bertz CT molecular complexity index is 481. The third-order valence-corrected chi connectivity index (χ3v) is 3.56. The topological polar surface area (TPSA) is 63.8 Å². The van der Waals surface area contributed by atoms with Crippen molar-refractivity contribution < 1.29 is 0 Å². The molecule has 2 heterocycles. The molecule has 0 aliphatic carbocycles. The van der Waals surface area contributed by atoms with Gasteiger partial charge in [-0.3, -0.25) is 0 Å². The van der Waals surface area contributed by atoms with Crippen LogP contribution >= 0.6 is 11.3 Å². The monoisotopic (exact) mass is 248 g/mol. The molecule has 0 saturated heterocycles. The Balaban J connectivity index is 1.98. The van der Waals surface area contributed by atoms with Crippen molar-refractivity contribution in [1.82, 2.24) is 9.97 Å². The van der Waals surface area contributed by atoms with Crippen LogP contribution in [0, 0.1) is 6.92 Å². The number of thiazole rings is 1. The van der Waals surface area contributed by atoms with E-state index in [-0.39, 0.29) is 0 Å². The highest BCUT2D eigenvalue weighted by atomic mass is 32.1. The Kier molecular flexibility index (Phi) is 3.58. The number of nitrogens with two attached hydrogens (primary N) is 1. The summed E-state index contributed by atoms with van der Waals surface area (Å²) in [6.07, 6.45) is 3.51. The van der Waals surface area contributed by atoms with Gasteiger partial charge in [-0.2, -0.15) is 0 Å². The third-order valence-electron chi connectivity index (χ3n) is 2.55. The van der Waals surface area contributed by atoms with Gasteiger partial charge < -0.3 is 11.1 Å². The largest absolute Gasteiger partial charge is 0.397 e. The van der Waals surface area contributed by atoms with Crippen molar-refractivity contribution in [3.63, 3.8) is 0 Å². The van der Waals surface area contributed by atoms with E-state index in [1.54, 1.807) is 17.5 Å². The molecule has 2 aromatic heterocycles. The predicted octanol–water partition coefficient (Wildman–Crippen LogP) is 2.64. The van der Waals surface area contributed by atoms with Gasteiger partial charge in [0.2, 0.25) is 0 Å². The number of aromatic nitrogens is 2. The SMILES string of the molecule is Cc1cc(N)cnc1NCC(C)c1nccs1. The van der Waals surface area contributed by atoms with Crippen LogP contribution in [0.1, 0.15) is 23.4 Å². The van der Waals surface area contributed by atoms with Crippen LogP contribution in [0.4, 0.5) is 11.5 Å². The summed E-state index contributed by atoms with van der Waals surface area (Å²) < 4.78 is 0. The standard InChI is InChI=1S/C12H16N4S/c1-8-5-10(13)7-16-11(8)15-6-9(2)12-14-3-4-17-12/h3-5,7,9H,6,13H2,1-2H3,(H,15,16). The Morgan fingerprint density at radius 3 is 2.94 bits per heavy atom. The van der Waals surface area contributed by atoms with Crippen LogP contribution in [0.5, 0.6) is 0 Å². The van der Waals surface area contributed by atoms with E-state index in [9.17, 15) is 0 Å². The number of aryl methyl sites for hydroxylation is 1. The molecule has 4 nitrogen and oxygen atoms in total. The highest BCUT2D eigenvalue weighted by molar-refractivity contribution is 7.09. The number of nitrogens with one attached hydrogen (secondary N) is 1. The van der Waals surface area contributed by atoms with Gasteiger partial charge in [-0.1, -0.05) is 6.92 Å². The number of hydrogen-bond donors (Lipinski definition) is 2. The van der Waals surface area contributed by atoms with E-state index in [2.05, 4.69) is 22.2 Å². The van der Waals surface area contributed by atoms with Gasteiger partial charge in [0.25, 0.3) is 0 Å². The highest BCUT2D eigenvalue weighted by Crippen LogP contribution is 2.19. The first kappa shape index (κ1) is 11.9. The fourth-order valence-corrected chi connectivity index (χ4v) is 2.30. The van der Waals surface area contributed by atoms with E-state index in [1.807, 2.05) is 24.6 Å². The maximum absolute atomic E-state index is 5.66. The first-order valence-corrected chi connectivity index (χ1v) is 6.40. The average Bonchev–Trinajstić information content (AvgIpc) is 2.81. The highest BCUT2D eigenvalue weighted by Gasteiger charge is 2.08. The minimum absolute atomic E-state index is 0.383. The molecule has 17 heavy (non-hydrogen) atoms. The summed E-state index contributed by atoms with van der Waals surface area (Å²) in [6.45, 7) is 4.98. The Labute approximate surface area is 105 Å². The fraction of sp³-hybridized carbons (Fsp3) is 0.333. The number of rotatable bonds is 4. The van der Waals surface area contributed by atoms with Crippen molar-refractivity contribution in [3.8, 4) is 0 Å². The molecule has 2 aromatic rings.